The Labute approximate surface area is 132 Å². The summed E-state index contributed by atoms with van der Waals surface area (Å²) in [5.41, 5.74) is 8.40. The van der Waals surface area contributed by atoms with Gasteiger partial charge in [-0.2, -0.15) is 0 Å². The number of primary amides is 1. The second kappa shape index (κ2) is 5.88. The highest BCUT2D eigenvalue weighted by molar-refractivity contribution is 7.09. The fourth-order valence-corrected chi connectivity index (χ4v) is 3.40. The van der Waals surface area contributed by atoms with Gasteiger partial charge < -0.3 is 10.6 Å². The molecule has 2 amide bonds. The van der Waals surface area contributed by atoms with Crippen molar-refractivity contribution in [3.05, 3.63) is 51.5 Å². The molecule has 2 heterocycles. The van der Waals surface area contributed by atoms with Crippen molar-refractivity contribution in [1.29, 1.82) is 0 Å². The van der Waals surface area contributed by atoms with Gasteiger partial charge in [0.15, 0.2) is 0 Å². The zero-order valence-electron chi connectivity index (χ0n) is 12.3. The number of amides is 2. The summed E-state index contributed by atoms with van der Waals surface area (Å²) in [7, 11) is 0. The Bertz CT molecular complexity index is 726. The lowest BCUT2D eigenvalue weighted by Crippen LogP contribution is -2.51. The van der Waals surface area contributed by atoms with Crippen LogP contribution >= 0.6 is 11.3 Å². The van der Waals surface area contributed by atoms with E-state index in [4.69, 9.17) is 5.73 Å². The predicted octanol–water partition coefficient (Wildman–Crippen LogP) is 1.43. The summed E-state index contributed by atoms with van der Waals surface area (Å²) < 4.78 is 0. The van der Waals surface area contributed by atoms with E-state index in [-0.39, 0.29) is 12.3 Å². The molecule has 0 spiro atoms. The number of fused-ring (bicyclic) bond motifs is 1. The van der Waals surface area contributed by atoms with Crippen molar-refractivity contribution in [2.24, 2.45) is 5.73 Å². The summed E-state index contributed by atoms with van der Waals surface area (Å²) in [6.07, 6.45) is 0.684. The van der Waals surface area contributed by atoms with E-state index in [9.17, 15) is 9.59 Å². The van der Waals surface area contributed by atoms with Crippen LogP contribution in [0.3, 0.4) is 0 Å². The monoisotopic (exact) mass is 315 g/mol. The van der Waals surface area contributed by atoms with Gasteiger partial charge in [0.25, 0.3) is 0 Å². The van der Waals surface area contributed by atoms with Crippen LogP contribution in [0.25, 0.3) is 0 Å². The van der Waals surface area contributed by atoms with Crippen molar-refractivity contribution in [1.82, 2.24) is 9.88 Å². The van der Waals surface area contributed by atoms with Crippen LogP contribution in [0.2, 0.25) is 0 Å². The fourth-order valence-electron chi connectivity index (χ4n) is 2.79. The second-order valence-corrected chi connectivity index (χ2v) is 6.51. The number of hydrogen-bond acceptors (Lipinski definition) is 4. The number of rotatable bonds is 3. The maximum atomic E-state index is 12.6. The van der Waals surface area contributed by atoms with E-state index in [2.05, 4.69) is 4.98 Å². The number of carbonyl (C=O) groups is 2. The highest BCUT2D eigenvalue weighted by Crippen LogP contribution is 2.24. The first-order chi connectivity index (χ1) is 10.5. The standard InChI is InChI=1S/C16H17N3O2S/c1-10-18-13(9-22-10)7-15(20)19-8-12-5-3-2-4-11(12)6-14(19)16(17)21/h2-5,9,14H,6-8H2,1H3,(H2,17,21)/t14-/m0/s1. The lowest BCUT2D eigenvalue weighted by atomic mass is 9.93. The Kier molecular flexibility index (Phi) is 3.94. The molecule has 0 fully saturated rings. The number of hydrogen-bond donors (Lipinski definition) is 1. The van der Waals surface area contributed by atoms with Crippen LogP contribution in [0.15, 0.2) is 29.6 Å². The molecule has 0 saturated carbocycles. The lowest BCUT2D eigenvalue weighted by molar-refractivity contribution is -0.140. The number of aromatic nitrogens is 1. The van der Waals surface area contributed by atoms with Crippen molar-refractivity contribution in [2.45, 2.75) is 32.4 Å². The first-order valence-corrected chi connectivity index (χ1v) is 7.99. The number of nitrogens with two attached hydrogens (primary N) is 1. The molecule has 6 heteroatoms. The Morgan fingerprint density at radius 1 is 1.36 bits per heavy atom. The van der Waals surface area contributed by atoms with Crippen molar-refractivity contribution < 1.29 is 9.59 Å². The van der Waals surface area contributed by atoms with Crippen LogP contribution in [0.5, 0.6) is 0 Å². The van der Waals surface area contributed by atoms with Gasteiger partial charge in [0.05, 0.1) is 17.1 Å². The quantitative estimate of drug-likeness (QED) is 0.931. The summed E-state index contributed by atoms with van der Waals surface area (Å²) in [4.78, 5) is 30.2. The third-order valence-corrected chi connectivity index (χ3v) is 4.72. The summed E-state index contributed by atoms with van der Waals surface area (Å²) in [5, 5.41) is 2.81. The summed E-state index contributed by atoms with van der Waals surface area (Å²) in [6.45, 7) is 2.33. The number of nitrogens with zero attached hydrogens (tertiary/aromatic N) is 2. The molecule has 22 heavy (non-hydrogen) atoms. The van der Waals surface area contributed by atoms with Crippen molar-refractivity contribution >= 4 is 23.2 Å². The van der Waals surface area contributed by atoms with Crippen LogP contribution < -0.4 is 5.73 Å². The first-order valence-electron chi connectivity index (χ1n) is 7.11. The lowest BCUT2D eigenvalue weighted by Gasteiger charge is -2.35. The molecule has 1 aromatic heterocycles. The highest BCUT2D eigenvalue weighted by Gasteiger charge is 2.33. The molecule has 0 bridgehead atoms. The van der Waals surface area contributed by atoms with Crippen LogP contribution in [0.1, 0.15) is 21.8 Å². The van der Waals surface area contributed by atoms with Gasteiger partial charge >= 0.3 is 0 Å². The molecule has 1 aromatic carbocycles. The zero-order chi connectivity index (χ0) is 15.7. The molecule has 0 saturated heterocycles. The smallest absolute Gasteiger partial charge is 0.240 e. The van der Waals surface area contributed by atoms with Gasteiger partial charge in [-0.25, -0.2) is 4.98 Å². The molecule has 114 valence electrons. The van der Waals surface area contributed by atoms with Gasteiger partial charge in [-0.15, -0.1) is 11.3 Å². The largest absolute Gasteiger partial charge is 0.368 e. The minimum absolute atomic E-state index is 0.108. The molecule has 0 unspecified atom stereocenters. The van der Waals surface area contributed by atoms with Crippen LogP contribution in [-0.2, 0) is 29.0 Å². The maximum absolute atomic E-state index is 12.6. The van der Waals surface area contributed by atoms with Gasteiger partial charge in [0, 0.05) is 18.3 Å². The third-order valence-electron chi connectivity index (χ3n) is 3.90. The Morgan fingerprint density at radius 2 is 2.09 bits per heavy atom. The maximum Gasteiger partial charge on any atom is 0.240 e. The van der Waals surface area contributed by atoms with E-state index in [1.807, 2.05) is 36.6 Å². The molecule has 5 nitrogen and oxygen atoms in total. The average Bonchev–Trinajstić information content (AvgIpc) is 2.90. The van der Waals surface area contributed by atoms with Gasteiger partial charge in [-0.3, -0.25) is 9.59 Å². The minimum atomic E-state index is -0.581. The first kappa shape index (κ1) is 14.7. The van der Waals surface area contributed by atoms with Gasteiger partial charge in [-0.1, -0.05) is 24.3 Å². The second-order valence-electron chi connectivity index (χ2n) is 5.45. The molecule has 1 aliphatic rings. The number of carbonyl (C=O) groups excluding carboxylic acids is 2. The molecule has 2 N–H and O–H groups in total. The SMILES string of the molecule is Cc1nc(CC(=O)N2Cc3ccccc3C[C@H]2C(N)=O)cs1. The van der Waals surface area contributed by atoms with E-state index in [0.29, 0.717) is 13.0 Å². The van der Waals surface area contributed by atoms with Crippen molar-refractivity contribution in [2.75, 3.05) is 0 Å². The molecular weight excluding hydrogens is 298 g/mol. The Hall–Kier alpha value is -2.21. The van der Waals surface area contributed by atoms with E-state index in [0.717, 1.165) is 21.8 Å². The summed E-state index contributed by atoms with van der Waals surface area (Å²) in [6, 6.07) is 7.26. The van der Waals surface area contributed by atoms with Gasteiger partial charge in [0.1, 0.15) is 6.04 Å². The molecule has 3 rings (SSSR count). The van der Waals surface area contributed by atoms with Crippen molar-refractivity contribution in [3.63, 3.8) is 0 Å². The number of aryl methyl sites for hydroxylation is 1. The molecule has 1 atom stereocenters. The van der Waals surface area contributed by atoms with E-state index < -0.39 is 11.9 Å². The van der Waals surface area contributed by atoms with Crippen molar-refractivity contribution in [3.8, 4) is 0 Å². The molecular formula is C16H17N3O2S. The third kappa shape index (κ3) is 2.87. The summed E-state index contributed by atoms with van der Waals surface area (Å²) >= 11 is 1.52. The van der Waals surface area contributed by atoms with E-state index in [1.54, 1.807) is 4.90 Å². The van der Waals surface area contributed by atoms with Gasteiger partial charge in [0.2, 0.25) is 11.8 Å². The molecule has 0 radical (unpaired) electrons. The predicted molar refractivity (Wildman–Crippen MR) is 84.2 cm³/mol. The number of thiazole rings is 1. The molecule has 2 aromatic rings. The molecule has 0 aliphatic carbocycles. The fraction of sp³-hybridized carbons (Fsp3) is 0.312. The average molecular weight is 315 g/mol. The molecule has 1 aliphatic heterocycles. The topological polar surface area (TPSA) is 76.3 Å². The van der Waals surface area contributed by atoms with Crippen LogP contribution in [0, 0.1) is 6.92 Å². The minimum Gasteiger partial charge on any atom is -0.368 e. The van der Waals surface area contributed by atoms with E-state index in [1.165, 1.54) is 11.3 Å². The highest BCUT2D eigenvalue weighted by atomic mass is 32.1. The zero-order valence-corrected chi connectivity index (χ0v) is 13.1. The Balaban J connectivity index is 1.84. The number of benzene rings is 1. The normalized spacial score (nSPS) is 17.1. The van der Waals surface area contributed by atoms with Crippen LogP contribution in [-0.4, -0.2) is 27.7 Å². The summed E-state index contributed by atoms with van der Waals surface area (Å²) in [5.74, 6) is -0.569. The van der Waals surface area contributed by atoms with Gasteiger partial charge in [-0.05, 0) is 18.1 Å². The van der Waals surface area contributed by atoms with E-state index >= 15 is 0 Å². The Morgan fingerprint density at radius 3 is 2.73 bits per heavy atom. The van der Waals surface area contributed by atoms with Crippen LogP contribution in [0.4, 0.5) is 0 Å².